The maximum atomic E-state index is 5.23. The van der Waals surface area contributed by atoms with E-state index in [1.165, 1.54) is 60.8 Å². The van der Waals surface area contributed by atoms with Crippen molar-refractivity contribution in [2.75, 3.05) is 5.32 Å². The number of nitrogens with zero attached hydrogens (tertiary/aromatic N) is 2. The van der Waals surface area contributed by atoms with Crippen LogP contribution in [0.15, 0.2) is 279 Å². The van der Waals surface area contributed by atoms with Crippen LogP contribution in [-0.4, -0.2) is 16.0 Å². The number of allylic oxidation sites excluding steroid dienone is 2. The average molecular weight is 920 g/mol. The number of anilines is 1. The molecule has 1 heterocycles. The minimum Gasteiger partial charge on any atom is -0.378 e. The molecule has 340 valence electrons. The second kappa shape index (κ2) is 18.3. The molecule has 2 aliphatic rings. The summed E-state index contributed by atoms with van der Waals surface area (Å²) in [6.07, 6.45) is 9.22. The fraction of sp³-hybridized carbons (Fsp3) is 0.0435. The summed E-state index contributed by atoms with van der Waals surface area (Å²) in [6.45, 7) is 0. The van der Waals surface area contributed by atoms with Gasteiger partial charge in [0.1, 0.15) is 0 Å². The molecule has 0 fully saturated rings. The maximum absolute atomic E-state index is 5.23. The Hall–Kier alpha value is -9.18. The first-order valence-electron chi connectivity index (χ1n) is 24.9. The summed E-state index contributed by atoms with van der Waals surface area (Å²) in [5, 5.41) is 6.45. The molecule has 0 aliphatic heterocycles. The lowest BCUT2D eigenvalue weighted by Gasteiger charge is -2.43. The lowest BCUT2D eigenvalue weighted by molar-refractivity contribution is 0.430. The molecule has 1 N–H and O–H groups in total. The quantitative estimate of drug-likeness (QED) is 0.149. The molecule has 0 saturated carbocycles. The van der Waals surface area contributed by atoms with Crippen LogP contribution in [0.25, 0.3) is 89.2 Å². The first-order valence-corrected chi connectivity index (χ1v) is 24.9. The minimum atomic E-state index is -0.523. The summed E-state index contributed by atoms with van der Waals surface area (Å²) in [7, 11) is 0. The number of rotatable bonds is 10. The predicted octanol–water partition coefficient (Wildman–Crippen LogP) is 17.2. The highest BCUT2D eigenvalue weighted by Crippen LogP contribution is 2.61. The van der Waals surface area contributed by atoms with Crippen LogP contribution in [0.1, 0.15) is 16.7 Å². The molecule has 3 nitrogen and oxygen atoms in total. The van der Waals surface area contributed by atoms with E-state index in [0.717, 1.165) is 44.9 Å². The Balaban J connectivity index is 0.940. The van der Waals surface area contributed by atoms with E-state index >= 15 is 0 Å². The lowest BCUT2D eigenvalue weighted by atomic mass is 9.60. The minimum absolute atomic E-state index is 0.0112. The number of hydrogen-bond donors (Lipinski definition) is 1. The van der Waals surface area contributed by atoms with Gasteiger partial charge in [-0.15, -0.1) is 0 Å². The standard InChI is InChI=1S/C69H49N3/c1-5-20-47(21-6-1)48-38-40-49(41-39-48)65-46-66(72-68(71-65)50-22-7-2-8-23-50)56-29-18-27-52(43-56)51-26-17-28-55(42-51)59-34-19-36-62-67(59)60-44-53-24-13-14-25-54(53)45-63(60)69(62,57-30-9-3-10-31-57)61-35-15-16-37-64(61)70-58-32-11-4-12-33-58/h1-46,61,64,70H. The Labute approximate surface area is 421 Å². The van der Waals surface area contributed by atoms with E-state index in [1.54, 1.807) is 0 Å². The molecular weight excluding hydrogens is 871 g/mol. The number of fused-ring (bicyclic) bond motifs is 4. The van der Waals surface area contributed by atoms with Crippen LogP contribution < -0.4 is 5.32 Å². The van der Waals surface area contributed by atoms with Crippen molar-refractivity contribution in [1.29, 1.82) is 0 Å². The van der Waals surface area contributed by atoms with Gasteiger partial charge in [-0.05, 0) is 114 Å². The normalized spacial score (nSPS) is 16.6. The third kappa shape index (κ3) is 7.64. The van der Waals surface area contributed by atoms with Crippen molar-refractivity contribution in [2.45, 2.75) is 11.5 Å². The maximum Gasteiger partial charge on any atom is 0.160 e. The molecule has 10 aromatic carbocycles. The summed E-state index contributed by atoms with van der Waals surface area (Å²) in [6, 6.07) is 92.1. The van der Waals surface area contributed by atoms with Gasteiger partial charge < -0.3 is 5.32 Å². The number of aromatic nitrogens is 2. The zero-order valence-corrected chi connectivity index (χ0v) is 39.6. The van der Waals surface area contributed by atoms with Crippen molar-refractivity contribution in [2.24, 2.45) is 5.92 Å². The van der Waals surface area contributed by atoms with Gasteiger partial charge in [-0.3, -0.25) is 0 Å². The second-order valence-electron chi connectivity index (χ2n) is 18.9. The van der Waals surface area contributed by atoms with Crippen molar-refractivity contribution in [3.05, 3.63) is 296 Å². The number of nitrogens with one attached hydrogen (secondary N) is 1. The molecule has 0 radical (unpaired) electrons. The number of hydrogen-bond acceptors (Lipinski definition) is 3. The highest BCUT2D eigenvalue weighted by atomic mass is 14.9. The first kappa shape index (κ1) is 42.9. The zero-order chi connectivity index (χ0) is 47.8. The monoisotopic (exact) mass is 919 g/mol. The van der Waals surface area contributed by atoms with Crippen LogP contribution in [0, 0.1) is 5.92 Å². The van der Waals surface area contributed by atoms with Crippen LogP contribution in [-0.2, 0) is 5.41 Å². The van der Waals surface area contributed by atoms with Crippen LogP contribution in [0.4, 0.5) is 5.69 Å². The average Bonchev–Trinajstić information content (AvgIpc) is 3.75. The van der Waals surface area contributed by atoms with E-state index in [2.05, 4.69) is 266 Å². The highest BCUT2D eigenvalue weighted by molar-refractivity contribution is 6.00. The molecule has 2 aliphatic carbocycles. The van der Waals surface area contributed by atoms with Gasteiger partial charge in [-0.2, -0.15) is 0 Å². The van der Waals surface area contributed by atoms with E-state index in [4.69, 9.17) is 9.97 Å². The van der Waals surface area contributed by atoms with Crippen LogP contribution in [0.5, 0.6) is 0 Å². The molecular formula is C69H49N3. The summed E-state index contributed by atoms with van der Waals surface area (Å²) in [5.41, 5.74) is 18.9. The summed E-state index contributed by atoms with van der Waals surface area (Å²) < 4.78 is 0. The van der Waals surface area contributed by atoms with Crippen molar-refractivity contribution < 1.29 is 0 Å². The molecule has 0 saturated heterocycles. The molecule has 72 heavy (non-hydrogen) atoms. The van der Waals surface area contributed by atoms with Crippen LogP contribution >= 0.6 is 0 Å². The number of para-hydroxylation sites is 1. The lowest BCUT2D eigenvalue weighted by Crippen LogP contribution is -2.44. The zero-order valence-electron chi connectivity index (χ0n) is 39.6. The molecule has 3 atom stereocenters. The van der Waals surface area contributed by atoms with Gasteiger partial charge in [0, 0.05) is 28.3 Å². The van der Waals surface area contributed by atoms with E-state index in [0.29, 0.717) is 5.82 Å². The molecule has 0 amide bonds. The molecule has 13 rings (SSSR count). The molecule has 0 bridgehead atoms. The highest BCUT2D eigenvalue weighted by Gasteiger charge is 2.52. The fourth-order valence-electron chi connectivity index (χ4n) is 11.4. The van der Waals surface area contributed by atoms with Crippen LogP contribution in [0.2, 0.25) is 0 Å². The topological polar surface area (TPSA) is 37.8 Å². The van der Waals surface area contributed by atoms with Crippen molar-refractivity contribution in [1.82, 2.24) is 9.97 Å². The Bertz CT molecular complexity index is 3820. The van der Waals surface area contributed by atoms with Crippen molar-refractivity contribution in [3.8, 4) is 78.4 Å². The van der Waals surface area contributed by atoms with Gasteiger partial charge in [-0.25, -0.2) is 9.97 Å². The SMILES string of the molecule is C1=CC(Nc2ccccc2)C(C2(c3ccccc3)c3cc4ccccc4cc3-c3c(-c4cccc(-c5cccc(-c6cc(-c7ccc(-c8ccccc8)cc7)nc(-c7ccccc7)n6)c5)c4)cccc32)C=C1. The van der Waals surface area contributed by atoms with E-state index in [-0.39, 0.29) is 12.0 Å². The number of benzene rings is 10. The van der Waals surface area contributed by atoms with Crippen molar-refractivity contribution in [3.63, 3.8) is 0 Å². The third-order valence-corrected chi connectivity index (χ3v) is 14.8. The molecule has 3 heteroatoms. The van der Waals surface area contributed by atoms with Gasteiger partial charge in [0.15, 0.2) is 5.82 Å². The Kier molecular flexibility index (Phi) is 10.9. The summed E-state index contributed by atoms with van der Waals surface area (Å²) in [5.74, 6) is 0.732. The van der Waals surface area contributed by atoms with Crippen LogP contribution in [0.3, 0.4) is 0 Å². The Morgan fingerprint density at radius 3 is 1.60 bits per heavy atom. The van der Waals surface area contributed by atoms with E-state index in [9.17, 15) is 0 Å². The Morgan fingerprint density at radius 2 is 0.875 bits per heavy atom. The van der Waals surface area contributed by atoms with Gasteiger partial charge in [0.05, 0.1) is 22.8 Å². The Morgan fingerprint density at radius 1 is 0.347 bits per heavy atom. The van der Waals surface area contributed by atoms with Gasteiger partial charge in [0.25, 0.3) is 0 Å². The smallest absolute Gasteiger partial charge is 0.160 e. The third-order valence-electron chi connectivity index (χ3n) is 14.8. The van der Waals surface area contributed by atoms with E-state index in [1.807, 2.05) is 18.2 Å². The first-order chi connectivity index (χ1) is 35.7. The molecule has 0 spiro atoms. The van der Waals surface area contributed by atoms with E-state index < -0.39 is 5.41 Å². The molecule has 1 aromatic heterocycles. The van der Waals surface area contributed by atoms with Gasteiger partial charge >= 0.3 is 0 Å². The van der Waals surface area contributed by atoms with Crippen molar-refractivity contribution >= 4 is 16.5 Å². The fourth-order valence-corrected chi connectivity index (χ4v) is 11.4. The summed E-state index contributed by atoms with van der Waals surface area (Å²) >= 11 is 0. The van der Waals surface area contributed by atoms with Gasteiger partial charge in [0.2, 0.25) is 0 Å². The van der Waals surface area contributed by atoms with Gasteiger partial charge in [-0.1, -0.05) is 237 Å². The molecule has 3 unspecified atom stereocenters. The molecule has 11 aromatic rings. The summed E-state index contributed by atoms with van der Waals surface area (Å²) in [4.78, 5) is 10.4. The second-order valence-corrected chi connectivity index (χ2v) is 18.9. The predicted molar refractivity (Wildman–Crippen MR) is 300 cm³/mol. The largest absolute Gasteiger partial charge is 0.378 e.